The number of amides is 1. The van der Waals surface area contributed by atoms with E-state index in [0.29, 0.717) is 16.7 Å². The fourth-order valence-electron chi connectivity index (χ4n) is 3.37. The van der Waals surface area contributed by atoms with Crippen LogP contribution in [0.4, 0.5) is 5.69 Å². The number of anilines is 1. The number of aromatic nitrogens is 1. The minimum atomic E-state index is -0.458. The molecule has 2 aromatic carbocycles. The summed E-state index contributed by atoms with van der Waals surface area (Å²) in [6.07, 6.45) is 1.53. The molecule has 1 amide bonds. The predicted molar refractivity (Wildman–Crippen MR) is 104 cm³/mol. The maximum absolute atomic E-state index is 13.0. The highest BCUT2D eigenvalue weighted by Crippen LogP contribution is 2.31. The van der Waals surface area contributed by atoms with Gasteiger partial charge in [-0.3, -0.25) is 19.2 Å². The van der Waals surface area contributed by atoms with E-state index in [1.165, 1.54) is 10.8 Å². The number of benzene rings is 2. The lowest BCUT2D eigenvalue weighted by Crippen LogP contribution is -2.29. The first-order valence-corrected chi connectivity index (χ1v) is 8.74. The molecule has 0 bridgehead atoms. The van der Waals surface area contributed by atoms with Crippen LogP contribution in [-0.2, 0) is 11.3 Å². The quantitative estimate of drug-likeness (QED) is 0.599. The summed E-state index contributed by atoms with van der Waals surface area (Å²) in [5.74, 6) is -1.02. The zero-order valence-corrected chi connectivity index (χ0v) is 15.1. The fraction of sp³-hybridized carbons (Fsp3) is 0.0909. The van der Waals surface area contributed by atoms with E-state index in [1.54, 1.807) is 61.5 Å². The van der Waals surface area contributed by atoms with Crippen molar-refractivity contribution in [2.75, 3.05) is 5.32 Å². The van der Waals surface area contributed by atoms with Gasteiger partial charge < -0.3 is 9.88 Å². The maximum Gasteiger partial charge on any atom is 0.253 e. The molecule has 1 heterocycles. The maximum atomic E-state index is 13.0. The molecule has 1 aliphatic rings. The lowest BCUT2D eigenvalue weighted by Gasteiger charge is -2.20. The number of ketones is 2. The molecule has 28 heavy (non-hydrogen) atoms. The van der Waals surface area contributed by atoms with Crippen LogP contribution in [0.5, 0.6) is 0 Å². The molecule has 0 aliphatic heterocycles. The van der Waals surface area contributed by atoms with Gasteiger partial charge in [0.1, 0.15) is 6.54 Å². The number of pyridine rings is 1. The fourth-order valence-corrected chi connectivity index (χ4v) is 3.37. The first-order valence-electron chi connectivity index (χ1n) is 8.74. The molecule has 0 unspecified atom stereocenters. The minimum absolute atomic E-state index is 0.177. The Morgan fingerprint density at radius 2 is 1.54 bits per heavy atom. The third-order valence-electron chi connectivity index (χ3n) is 4.75. The highest BCUT2D eigenvalue weighted by molar-refractivity contribution is 6.30. The van der Waals surface area contributed by atoms with Gasteiger partial charge in [0.25, 0.3) is 5.56 Å². The van der Waals surface area contributed by atoms with Gasteiger partial charge in [-0.1, -0.05) is 42.5 Å². The average Bonchev–Trinajstić information content (AvgIpc) is 2.69. The van der Waals surface area contributed by atoms with Gasteiger partial charge in [-0.05, 0) is 19.1 Å². The van der Waals surface area contributed by atoms with Crippen molar-refractivity contribution in [3.63, 3.8) is 0 Å². The molecule has 3 aromatic rings. The second-order valence-corrected chi connectivity index (χ2v) is 6.60. The number of hydrogen-bond donors (Lipinski definition) is 1. The van der Waals surface area contributed by atoms with Crippen LogP contribution >= 0.6 is 0 Å². The smallest absolute Gasteiger partial charge is 0.253 e. The summed E-state index contributed by atoms with van der Waals surface area (Å²) in [4.78, 5) is 50.3. The number of nitrogens with zero attached hydrogens (tertiary/aromatic N) is 1. The number of carbonyl (C=O) groups excluding carboxylic acids is 3. The van der Waals surface area contributed by atoms with Gasteiger partial charge in [0, 0.05) is 28.5 Å². The van der Waals surface area contributed by atoms with Crippen molar-refractivity contribution < 1.29 is 14.4 Å². The highest BCUT2D eigenvalue weighted by Gasteiger charge is 2.31. The van der Waals surface area contributed by atoms with Crippen molar-refractivity contribution in [3.05, 3.63) is 99.0 Å². The number of rotatable bonds is 3. The van der Waals surface area contributed by atoms with E-state index in [0.717, 1.165) is 0 Å². The van der Waals surface area contributed by atoms with E-state index in [-0.39, 0.29) is 40.5 Å². The molecular weight excluding hydrogens is 356 g/mol. The topological polar surface area (TPSA) is 85.2 Å². The Morgan fingerprint density at radius 3 is 2.29 bits per heavy atom. The van der Waals surface area contributed by atoms with E-state index < -0.39 is 5.91 Å². The molecule has 0 atom stereocenters. The minimum Gasteiger partial charge on any atom is -0.324 e. The number of carbonyl (C=O) groups is 3. The molecule has 0 radical (unpaired) electrons. The van der Waals surface area contributed by atoms with Crippen LogP contribution in [0.1, 0.15) is 37.4 Å². The molecular formula is C22H16N2O4. The van der Waals surface area contributed by atoms with Crippen molar-refractivity contribution in [3.8, 4) is 0 Å². The van der Waals surface area contributed by atoms with Crippen LogP contribution in [0.25, 0.3) is 0 Å². The Bertz CT molecular complexity index is 1210. The van der Waals surface area contributed by atoms with E-state index in [9.17, 15) is 19.2 Å². The molecule has 4 rings (SSSR count). The largest absolute Gasteiger partial charge is 0.324 e. The van der Waals surface area contributed by atoms with Gasteiger partial charge in [-0.2, -0.15) is 0 Å². The van der Waals surface area contributed by atoms with Gasteiger partial charge in [0.05, 0.1) is 11.3 Å². The van der Waals surface area contributed by atoms with Gasteiger partial charge in [-0.25, -0.2) is 0 Å². The summed E-state index contributed by atoms with van der Waals surface area (Å²) in [5.41, 5.74) is 1.64. The summed E-state index contributed by atoms with van der Waals surface area (Å²) in [5, 5.41) is 2.68. The summed E-state index contributed by atoms with van der Waals surface area (Å²) in [6.45, 7) is 1.48. The number of aryl methyl sites for hydroxylation is 1. The first-order chi connectivity index (χ1) is 13.5. The van der Waals surface area contributed by atoms with Gasteiger partial charge in [0.2, 0.25) is 5.91 Å². The van der Waals surface area contributed by atoms with Gasteiger partial charge in [-0.15, -0.1) is 0 Å². The third-order valence-corrected chi connectivity index (χ3v) is 4.75. The van der Waals surface area contributed by atoms with Crippen molar-refractivity contribution in [2.45, 2.75) is 13.5 Å². The molecule has 6 heteroatoms. The standard InChI is InChI=1S/C22H16N2O4/c1-13-6-5-11-24(22(13)28)12-18(25)23-17-10-4-9-16-19(17)21(27)15-8-3-2-7-14(15)20(16)26/h2-11H,12H2,1H3,(H,23,25). The zero-order chi connectivity index (χ0) is 19.8. The molecule has 1 aliphatic carbocycles. The zero-order valence-electron chi connectivity index (χ0n) is 15.1. The molecule has 138 valence electrons. The van der Waals surface area contributed by atoms with Crippen LogP contribution in [0.15, 0.2) is 65.6 Å². The third kappa shape index (κ3) is 2.85. The van der Waals surface area contributed by atoms with Crippen LogP contribution < -0.4 is 10.9 Å². The van der Waals surface area contributed by atoms with Crippen molar-refractivity contribution in [2.24, 2.45) is 0 Å². The van der Waals surface area contributed by atoms with Gasteiger partial charge in [0.15, 0.2) is 11.6 Å². The Morgan fingerprint density at radius 1 is 0.857 bits per heavy atom. The van der Waals surface area contributed by atoms with E-state index in [1.807, 2.05) is 0 Å². The number of hydrogen-bond acceptors (Lipinski definition) is 4. The number of fused-ring (bicyclic) bond motifs is 2. The van der Waals surface area contributed by atoms with Crippen molar-refractivity contribution in [1.29, 1.82) is 0 Å². The van der Waals surface area contributed by atoms with Crippen LogP contribution in [0.3, 0.4) is 0 Å². The molecule has 0 spiro atoms. The molecule has 0 saturated carbocycles. The Balaban J connectivity index is 1.68. The first kappa shape index (κ1) is 17.6. The van der Waals surface area contributed by atoms with E-state index >= 15 is 0 Å². The van der Waals surface area contributed by atoms with Crippen LogP contribution in [-0.4, -0.2) is 22.0 Å². The molecule has 0 saturated heterocycles. The summed E-state index contributed by atoms with van der Waals surface area (Å²) in [6, 6.07) is 14.8. The average molecular weight is 372 g/mol. The van der Waals surface area contributed by atoms with E-state index in [4.69, 9.17) is 0 Å². The second kappa shape index (κ2) is 6.74. The molecule has 6 nitrogen and oxygen atoms in total. The summed E-state index contributed by atoms with van der Waals surface area (Å²) < 4.78 is 1.29. The summed E-state index contributed by atoms with van der Waals surface area (Å²) >= 11 is 0. The van der Waals surface area contributed by atoms with Gasteiger partial charge >= 0.3 is 0 Å². The lowest BCUT2D eigenvalue weighted by molar-refractivity contribution is -0.116. The molecule has 1 aromatic heterocycles. The summed E-state index contributed by atoms with van der Waals surface area (Å²) in [7, 11) is 0. The molecule has 1 N–H and O–H groups in total. The second-order valence-electron chi connectivity index (χ2n) is 6.60. The SMILES string of the molecule is Cc1cccn(CC(=O)Nc2cccc3c2C(=O)c2ccccc2C3=O)c1=O. The van der Waals surface area contributed by atoms with Crippen molar-refractivity contribution in [1.82, 2.24) is 4.57 Å². The van der Waals surface area contributed by atoms with Crippen LogP contribution in [0, 0.1) is 6.92 Å². The normalized spacial score (nSPS) is 12.3. The Kier molecular flexibility index (Phi) is 4.24. The monoisotopic (exact) mass is 372 g/mol. The van der Waals surface area contributed by atoms with E-state index in [2.05, 4.69) is 5.32 Å². The lowest BCUT2D eigenvalue weighted by atomic mass is 9.83. The Labute approximate surface area is 160 Å². The van der Waals surface area contributed by atoms with Crippen molar-refractivity contribution >= 4 is 23.2 Å². The van der Waals surface area contributed by atoms with Crippen LogP contribution in [0.2, 0.25) is 0 Å². The molecule has 0 fully saturated rings. The Hall–Kier alpha value is -3.80. The number of nitrogens with one attached hydrogen (secondary N) is 1. The predicted octanol–water partition coefficient (Wildman–Crippen LogP) is 2.57. The highest BCUT2D eigenvalue weighted by atomic mass is 16.2.